The van der Waals surface area contributed by atoms with Crippen LogP contribution in [0.2, 0.25) is 0 Å². The van der Waals surface area contributed by atoms with E-state index in [0.29, 0.717) is 12.1 Å². The van der Waals surface area contributed by atoms with E-state index in [1.54, 1.807) is 0 Å². The van der Waals surface area contributed by atoms with Gasteiger partial charge in [-0.15, -0.1) is 0 Å². The zero-order valence-corrected chi connectivity index (χ0v) is 11.1. The first-order valence-electron chi connectivity index (χ1n) is 6.48. The summed E-state index contributed by atoms with van der Waals surface area (Å²) < 4.78 is 0. The number of hydrogen-bond donors (Lipinski definition) is 1. The summed E-state index contributed by atoms with van der Waals surface area (Å²) in [5.74, 6) is 0. The summed E-state index contributed by atoms with van der Waals surface area (Å²) in [4.78, 5) is 5.02. The number of piperazine rings is 1. The Kier molecular flexibility index (Phi) is 3.57. The van der Waals surface area contributed by atoms with Gasteiger partial charge in [0.1, 0.15) is 0 Å². The van der Waals surface area contributed by atoms with Gasteiger partial charge in [0.25, 0.3) is 0 Å². The Morgan fingerprint density at radius 3 is 2.12 bits per heavy atom. The summed E-state index contributed by atoms with van der Waals surface area (Å²) in [6.07, 6.45) is 0. The van der Waals surface area contributed by atoms with E-state index in [0.717, 1.165) is 25.3 Å². The minimum absolute atomic E-state index is 0.612. The molecule has 3 nitrogen and oxygen atoms in total. The zero-order chi connectivity index (χ0) is 12.4. The molecule has 0 bridgehead atoms. The SMILES string of the molecule is CCN1[C@H](C)CN(c2ccc(N)cc2)C[C@@H]1C. The van der Waals surface area contributed by atoms with Crippen molar-refractivity contribution in [2.24, 2.45) is 0 Å². The van der Waals surface area contributed by atoms with Crippen LogP contribution < -0.4 is 10.6 Å². The highest BCUT2D eigenvalue weighted by Gasteiger charge is 2.27. The van der Waals surface area contributed by atoms with E-state index in [4.69, 9.17) is 5.73 Å². The van der Waals surface area contributed by atoms with E-state index in [9.17, 15) is 0 Å². The molecule has 0 aliphatic carbocycles. The number of nitrogens with two attached hydrogens (primary N) is 1. The minimum Gasteiger partial charge on any atom is -0.399 e. The number of hydrogen-bond acceptors (Lipinski definition) is 3. The molecule has 1 aromatic carbocycles. The molecule has 1 heterocycles. The van der Waals surface area contributed by atoms with Crippen LogP contribution in [0.15, 0.2) is 24.3 Å². The Morgan fingerprint density at radius 2 is 1.65 bits per heavy atom. The molecule has 0 radical (unpaired) electrons. The summed E-state index contributed by atoms with van der Waals surface area (Å²) in [6, 6.07) is 9.43. The van der Waals surface area contributed by atoms with Crippen molar-refractivity contribution in [2.75, 3.05) is 30.3 Å². The van der Waals surface area contributed by atoms with Gasteiger partial charge < -0.3 is 10.6 Å². The van der Waals surface area contributed by atoms with Crippen molar-refractivity contribution in [2.45, 2.75) is 32.9 Å². The first kappa shape index (κ1) is 12.2. The van der Waals surface area contributed by atoms with Crippen LogP contribution in [0.5, 0.6) is 0 Å². The number of rotatable bonds is 2. The number of nitrogens with zero attached hydrogens (tertiary/aromatic N) is 2. The van der Waals surface area contributed by atoms with Crippen molar-refractivity contribution in [1.29, 1.82) is 0 Å². The van der Waals surface area contributed by atoms with Crippen molar-refractivity contribution in [3.63, 3.8) is 0 Å². The Hall–Kier alpha value is -1.22. The van der Waals surface area contributed by atoms with Crippen molar-refractivity contribution >= 4 is 11.4 Å². The van der Waals surface area contributed by atoms with Gasteiger partial charge in [-0.05, 0) is 44.7 Å². The maximum Gasteiger partial charge on any atom is 0.0368 e. The largest absolute Gasteiger partial charge is 0.399 e. The summed E-state index contributed by atoms with van der Waals surface area (Å²) in [5, 5.41) is 0. The van der Waals surface area contributed by atoms with E-state index in [1.807, 2.05) is 12.1 Å². The van der Waals surface area contributed by atoms with Gasteiger partial charge in [-0.2, -0.15) is 0 Å². The van der Waals surface area contributed by atoms with Crippen molar-refractivity contribution in [3.05, 3.63) is 24.3 Å². The Morgan fingerprint density at radius 1 is 1.12 bits per heavy atom. The molecule has 0 amide bonds. The second kappa shape index (κ2) is 4.96. The molecule has 1 aliphatic rings. The van der Waals surface area contributed by atoms with Crippen LogP contribution in [0.25, 0.3) is 0 Å². The molecule has 3 heteroatoms. The van der Waals surface area contributed by atoms with E-state index >= 15 is 0 Å². The van der Waals surface area contributed by atoms with Gasteiger partial charge >= 0.3 is 0 Å². The second-order valence-corrected chi connectivity index (χ2v) is 5.03. The molecule has 2 atom stereocenters. The second-order valence-electron chi connectivity index (χ2n) is 5.03. The maximum absolute atomic E-state index is 5.73. The molecule has 1 saturated heterocycles. The number of nitrogen functional groups attached to an aromatic ring is 1. The van der Waals surface area contributed by atoms with Gasteiger partial charge in [0.15, 0.2) is 0 Å². The molecular formula is C14H23N3. The van der Waals surface area contributed by atoms with E-state index < -0.39 is 0 Å². The third-order valence-corrected chi connectivity index (χ3v) is 3.72. The van der Waals surface area contributed by atoms with Crippen LogP contribution in [0.1, 0.15) is 20.8 Å². The third kappa shape index (κ3) is 2.55. The first-order valence-corrected chi connectivity index (χ1v) is 6.48. The van der Waals surface area contributed by atoms with Crippen LogP contribution in [-0.4, -0.2) is 36.6 Å². The van der Waals surface area contributed by atoms with Crippen LogP contribution in [0, 0.1) is 0 Å². The molecule has 94 valence electrons. The lowest BCUT2D eigenvalue weighted by atomic mass is 10.1. The van der Waals surface area contributed by atoms with Crippen LogP contribution in [-0.2, 0) is 0 Å². The molecule has 2 rings (SSSR count). The highest BCUT2D eigenvalue weighted by molar-refractivity contribution is 5.53. The van der Waals surface area contributed by atoms with Gasteiger partial charge in [0.2, 0.25) is 0 Å². The Labute approximate surface area is 104 Å². The predicted octanol–water partition coefficient (Wildman–Crippen LogP) is 2.19. The summed E-state index contributed by atoms with van der Waals surface area (Å²) in [7, 11) is 0. The molecule has 2 N–H and O–H groups in total. The highest BCUT2D eigenvalue weighted by Crippen LogP contribution is 2.22. The fourth-order valence-corrected chi connectivity index (χ4v) is 2.88. The number of anilines is 2. The topological polar surface area (TPSA) is 32.5 Å². The molecular weight excluding hydrogens is 210 g/mol. The fourth-order valence-electron chi connectivity index (χ4n) is 2.88. The quantitative estimate of drug-likeness (QED) is 0.795. The predicted molar refractivity (Wildman–Crippen MR) is 74.4 cm³/mol. The number of likely N-dealkylation sites (N-methyl/N-ethyl adjacent to an activating group) is 1. The van der Waals surface area contributed by atoms with Gasteiger partial charge in [0, 0.05) is 36.5 Å². The monoisotopic (exact) mass is 233 g/mol. The van der Waals surface area contributed by atoms with Gasteiger partial charge in [-0.3, -0.25) is 4.90 Å². The van der Waals surface area contributed by atoms with Gasteiger partial charge in [-0.25, -0.2) is 0 Å². The standard InChI is InChI=1S/C14H23N3/c1-4-17-11(2)9-16(10-12(17)3)14-7-5-13(15)6-8-14/h5-8,11-12H,4,9-10,15H2,1-3H3/t11-,12+. The fraction of sp³-hybridized carbons (Fsp3) is 0.571. The Balaban J connectivity index is 2.11. The maximum atomic E-state index is 5.73. The highest BCUT2D eigenvalue weighted by atomic mass is 15.3. The average molecular weight is 233 g/mol. The minimum atomic E-state index is 0.612. The van der Waals surface area contributed by atoms with Gasteiger partial charge in [-0.1, -0.05) is 6.92 Å². The summed E-state index contributed by atoms with van der Waals surface area (Å²) in [5.41, 5.74) is 7.85. The molecule has 0 spiro atoms. The lowest BCUT2D eigenvalue weighted by Gasteiger charge is -2.45. The van der Waals surface area contributed by atoms with Crippen molar-refractivity contribution < 1.29 is 0 Å². The molecule has 1 aromatic rings. The molecule has 0 aromatic heterocycles. The third-order valence-electron chi connectivity index (χ3n) is 3.72. The average Bonchev–Trinajstić information content (AvgIpc) is 2.29. The van der Waals surface area contributed by atoms with Crippen LogP contribution in [0.4, 0.5) is 11.4 Å². The van der Waals surface area contributed by atoms with E-state index in [-0.39, 0.29) is 0 Å². The van der Waals surface area contributed by atoms with E-state index in [2.05, 4.69) is 42.7 Å². The zero-order valence-electron chi connectivity index (χ0n) is 11.1. The summed E-state index contributed by atoms with van der Waals surface area (Å²) in [6.45, 7) is 10.2. The summed E-state index contributed by atoms with van der Waals surface area (Å²) >= 11 is 0. The molecule has 0 unspecified atom stereocenters. The molecule has 0 saturated carbocycles. The molecule has 17 heavy (non-hydrogen) atoms. The van der Waals surface area contributed by atoms with Crippen LogP contribution in [0.3, 0.4) is 0 Å². The number of benzene rings is 1. The smallest absolute Gasteiger partial charge is 0.0368 e. The van der Waals surface area contributed by atoms with Crippen LogP contribution >= 0.6 is 0 Å². The van der Waals surface area contributed by atoms with Crippen molar-refractivity contribution in [3.8, 4) is 0 Å². The molecule has 1 aliphatic heterocycles. The lowest BCUT2D eigenvalue weighted by molar-refractivity contribution is 0.140. The first-order chi connectivity index (χ1) is 8.11. The lowest BCUT2D eigenvalue weighted by Crippen LogP contribution is -2.56. The Bertz CT molecular complexity index is 348. The normalized spacial score (nSPS) is 26.2. The van der Waals surface area contributed by atoms with E-state index in [1.165, 1.54) is 5.69 Å². The molecule has 1 fully saturated rings. The van der Waals surface area contributed by atoms with Crippen molar-refractivity contribution in [1.82, 2.24) is 4.90 Å². The van der Waals surface area contributed by atoms with Gasteiger partial charge in [0.05, 0.1) is 0 Å².